The molecule has 0 bridgehead atoms. The Bertz CT molecular complexity index is 452. The van der Waals surface area contributed by atoms with Crippen molar-refractivity contribution in [3.05, 3.63) is 10.1 Å². The second-order valence-corrected chi connectivity index (χ2v) is 3.95. The van der Waals surface area contributed by atoms with Gasteiger partial charge >= 0.3 is 5.72 Å². The van der Waals surface area contributed by atoms with E-state index in [-0.39, 0.29) is 5.71 Å². The third kappa shape index (κ3) is 0.924. The van der Waals surface area contributed by atoms with Crippen molar-refractivity contribution >= 4 is 5.71 Å². The molecule has 1 aliphatic heterocycles. The molecule has 16 heavy (non-hydrogen) atoms. The maximum absolute atomic E-state index is 11.1. The maximum Gasteiger partial charge on any atom is 0.482 e. The largest absolute Gasteiger partial charge is 0.482 e. The molecular weight excluding hydrogens is 212 g/mol. The zero-order chi connectivity index (χ0) is 11.8. The first-order chi connectivity index (χ1) is 7.63. The van der Waals surface area contributed by atoms with Gasteiger partial charge in [-0.25, -0.2) is 0 Å². The fraction of sp³-hybridized carbons (Fsp3) is 0.667. The molecule has 82 valence electrons. The Morgan fingerprint density at radius 3 is 2.50 bits per heavy atom. The van der Waals surface area contributed by atoms with Crippen molar-refractivity contribution < 1.29 is 9.76 Å². The van der Waals surface area contributed by atoms with E-state index in [0.29, 0.717) is 12.8 Å². The first-order valence-electron chi connectivity index (χ1n) is 4.85. The van der Waals surface area contributed by atoms with Crippen LogP contribution in [0.5, 0.6) is 0 Å². The minimum atomic E-state index is -2.21. The average molecular weight is 220 g/mol. The summed E-state index contributed by atoms with van der Waals surface area (Å²) in [6.07, 6.45) is 2.27. The van der Waals surface area contributed by atoms with Crippen LogP contribution in [0.15, 0.2) is 5.16 Å². The van der Waals surface area contributed by atoms with E-state index in [0.717, 1.165) is 12.8 Å². The second-order valence-electron chi connectivity index (χ2n) is 3.95. The molecule has 7 nitrogen and oxygen atoms in total. The van der Waals surface area contributed by atoms with Crippen LogP contribution in [0.1, 0.15) is 25.7 Å². The highest BCUT2D eigenvalue weighted by Crippen LogP contribution is 2.52. The Morgan fingerprint density at radius 1 is 1.44 bits per heavy atom. The molecule has 0 aromatic carbocycles. The number of rotatable bonds is 1. The molecule has 1 fully saturated rings. The molecule has 0 amide bonds. The van der Waals surface area contributed by atoms with E-state index in [1.807, 2.05) is 6.07 Å². The van der Waals surface area contributed by atoms with E-state index >= 15 is 0 Å². The monoisotopic (exact) mass is 220 g/mol. The van der Waals surface area contributed by atoms with E-state index in [4.69, 9.17) is 15.4 Å². The van der Waals surface area contributed by atoms with Crippen molar-refractivity contribution in [3.63, 3.8) is 0 Å². The topological polar surface area (TPSA) is 112 Å². The third-order valence-corrected chi connectivity index (χ3v) is 3.34. The quantitative estimate of drug-likeness (QED) is 0.482. The Kier molecular flexibility index (Phi) is 2.06. The number of nitro groups is 1. The molecule has 0 N–H and O–H groups in total. The predicted octanol–water partition coefficient (Wildman–Crippen LogP) is 0.953. The Hall–Kier alpha value is -2.15. The molecular formula is C9H8N4O3. The van der Waals surface area contributed by atoms with Gasteiger partial charge in [0.05, 0.1) is 4.92 Å². The van der Waals surface area contributed by atoms with Gasteiger partial charge in [-0.15, -0.1) is 0 Å². The van der Waals surface area contributed by atoms with Gasteiger partial charge < -0.3 is 4.84 Å². The minimum Gasteiger partial charge on any atom is -0.303 e. The maximum atomic E-state index is 11.1. The first kappa shape index (κ1) is 10.4. The highest BCUT2D eigenvalue weighted by Gasteiger charge is 2.73. The van der Waals surface area contributed by atoms with Gasteiger partial charge in [0.1, 0.15) is 6.07 Å². The number of nitriles is 2. The molecule has 0 aromatic rings. The summed E-state index contributed by atoms with van der Waals surface area (Å²) in [5.74, 6) is 0. The van der Waals surface area contributed by atoms with Gasteiger partial charge in [0.2, 0.25) is 0 Å². The van der Waals surface area contributed by atoms with Crippen molar-refractivity contribution in [2.45, 2.75) is 31.4 Å². The fourth-order valence-electron chi connectivity index (χ4n) is 2.50. The van der Waals surface area contributed by atoms with Gasteiger partial charge in [0.15, 0.2) is 17.2 Å². The van der Waals surface area contributed by atoms with Crippen LogP contribution in [0.4, 0.5) is 0 Å². The van der Waals surface area contributed by atoms with Crippen LogP contribution >= 0.6 is 0 Å². The van der Waals surface area contributed by atoms with Crippen LogP contribution in [0.2, 0.25) is 0 Å². The third-order valence-electron chi connectivity index (χ3n) is 3.34. The van der Waals surface area contributed by atoms with Gasteiger partial charge in [-0.2, -0.15) is 10.5 Å². The molecule has 1 unspecified atom stereocenters. The van der Waals surface area contributed by atoms with Crippen LogP contribution in [0.3, 0.4) is 0 Å². The van der Waals surface area contributed by atoms with E-state index < -0.39 is 16.1 Å². The molecule has 1 heterocycles. The molecule has 0 aromatic heterocycles. The lowest BCUT2D eigenvalue weighted by Gasteiger charge is -2.26. The smallest absolute Gasteiger partial charge is 0.303 e. The molecule has 1 spiro atoms. The average Bonchev–Trinajstić information content (AvgIpc) is 2.86. The van der Waals surface area contributed by atoms with Crippen LogP contribution in [-0.2, 0) is 4.84 Å². The van der Waals surface area contributed by atoms with E-state index in [1.54, 1.807) is 6.07 Å². The van der Waals surface area contributed by atoms with Crippen molar-refractivity contribution in [2.75, 3.05) is 0 Å². The lowest BCUT2D eigenvalue weighted by molar-refractivity contribution is -0.623. The summed E-state index contributed by atoms with van der Waals surface area (Å²) in [6.45, 7) is 0. The molecule has 0 radical (unpaired) electrons. The standard InChI is InChI=1S/C9H8N4O3/c10-5-7-8(3-1-2-4-8)9(6-11,13(14)15)16-12-7/h1-4H2. The molecule has 7 heteroatoms. The Labute approximate surface area is 91.0 Å². The Balaban J connectivity index is 2.57. The van der Waals surface area contributed by atoms with Crippen molar-refractivity contribution in [1.82, 2.24) is 0 Å². The molecule has 2 rings (SSSR count). The highest BCUT2D eigenvalue weighted by atomic mass is 16.7. The molecule has 0 saturated heterocycles. The van der Waals surface area contributed by atoms with Crippen LogP contribution in [0.25, 0.3) is 0 Å². The SMILES string of the molecule is N#CC1=NOC(C#N)([N+](=O)[O-])C12CCCC2. The second kappa shape index (κ2) is 3.17. The van der Waals surface area contributed by atoms with E-state index in [9.17, 15) is 10.1 Å². The molecule has 1 aliphatic carbocycles. The summed E-state index contributed by atoms with van der Waals surface area (Å²) in [7, 11) is 0. The summed E-state index contributed by atoms with van der Waals surface area (Å²) in [5, 5.41) is 32.4. The van der Waals surface area contributed by atoms with Gasteiger partial charge in [0, 0.05) is 0 Å². The predicted molar refractivity (Wildman–Crippen MR) is 50.4 cm³/mol. The summed E-state index contributed by atoms with van der Waals surface area (Å²) in [5.41, 5.74) is -3.39. The fourth-order valence-corrected chi connectivity index (χ4v) is 2.50. The van der Waals surface area contributed by atoms with Gasteiger partial charge in [-0.3, -0.25) is 10.1 Å². The normalized spacial score (nSPS) is 30.2. The molecule has 1 atom stereocenters. The Morgan fingerprint density at radius 2 is 2.06 bits per heavy atom. The number of nitrogens with zero attached hydrogens (tertiary/aromatic N) is 4. The number of hydrogen-bond donors (Lipinski definition) is 0. The molecule has 1 saturated carbocycles. The summed E-state index contributed by atoms with van der Waals surface area (Å²) >= 11 is 0. The van der Waals surface area contributed by atoms with Crippen LogP contribution in [-0.4, -0.2) is 16.4 Å². The van der Waals surface area contributed by atoms with Crippen molar-refractivity contribution in [1.29, 1.82) is 10.5 Å². The van der Waals surface area contributed by atoms with Crippen molar-refractivity contribution in [3.8, 4) is 12.1 Å². The van der Waals surface area contributed by atoms with E-state index in [1.165, 1.54) is 0 Å². The van der Waals surface area contributed by atoms with Gasteiger partial charge in [-0.1, -0.05) is 18.0 Å². The summed E-state index contributed by atoms with van der Waals surface area (Å²) in [4.78, 5) is 15.0. The first-order valence-corrected chi connectivity index (χ1v) is 4.85. The van der Waals surface area contributed by atoms with Crippen molar-refractivity contribution in [2.24, 2.45) is 10.6 Å². The van der Waals surface area contributed by atoms with E-state index in [2.05, 4.69) is 5.16 Å². The molecule has 2 aliphatic rings. The zero-order valence-corrected chi connectivity index (χ0v) is 8.34. The van der Waals surface area contributed by atoms with Gasteiger partial charge in [0.25, 0.3) is 0 Å². The summed E-state index contributed by atoms with van der Waals surface area (Å²) < 4.78 is 0. The lowest BCUT2D eigenvalue weighted by atomic mass is 9.73. The number of oxime groups is 1. The number of hydrogen-bond acceptors (Lipinski definition) is 6. The summed E-state index contributed by atoms with van der Waals surface area (Å²) in [6, 6.07) is 3.40. The van der Waals surface area contributed by atoms with Gasteiger partial charge in [-0.05, 0) is 12.8 Å². The zero-order valence-electron chi connectivity index (χ0n) is 8.34. The highest BCUT2D eigenvalue weighted by molar-refractivity contribution is 6.04. The van der Waals surface area contributed by atoms with Crippen LogP contribution < -0.4 is 0 Å². The minimum absolute atomic E-state index is 0.0248. The lowest BCUT2D eigenvalue weighted by Crippen LogP contribution is -2.53. The van der Waals surface area contributed by atoms with Crippen LogP contribution in [0, 0.1) is 38.2 Å².